The normalized spacial score (nSPS) is 25.2. The Morgan fingerprint density at radius 3 is 2.40 bits per heavy atom. The van der Waals surface area contributed by atoms with E-state index in [9.17, 15) is 9.59 Å². The fourth-order valence-electron chi connectivity index (χ4n) is 1.68. The molecule has 0 unspecified atom stereocenters. The maximum atomic E-state index is 11.6. The van der Waals surface area contributed by atoms with E-state index >= 15 is 0 Å². The molecule has 1 aliphatic heterocycles. The molecule has 0 aromatic rings. The van der Waals surface area contributed by atoms with Gasteiger partial charge in [0.25, 0.3) is 0 Å². The SMILES string of the molecule is CC(C)C(=O)N1C[C@H](N)C[C@@H]1C(=O)O.Cl. The van der Waals surface area contributed by atoms with Crippen LogP contribution < -0.4 is 5.73 Å². The van der Waals surface area contributed by atoms with Crippen LogP contribution in [0.25, 0.3) is 0 Å². The average molecular weight is 237 g/mol. The minimum atomic E-state index is -0.966. The fraction of sp³-hybridized carbons (Fsp3) is 0.778. The van der Waals surface area contributed by atoms with Crippen molar-refractivity contribution < 1.29 is 14.7 Å². The minimum Gasteiger partial charge on any atom is -0.480 e. The Kier molecular flexibility index (Phi) is 5.03. The van der Waals surface area contributed by atoms with Crippen molar-refractivity contribution >= 4 is 24.3 Å². The number of halogens is 1. The molecule has 0 radical (unpaired) electrons. The molecular weight excluding hydrogens is 220 g/mol. The topological polar surface area (TPSA) is 83.6 Å². The standard InChI is InChI=1S/C9H16N2O3.ClH/c1-5(2)8(12)11-4-6(10)3-7(11)9(13)14;/h5-7H,3-4,10H2,1-2H3,(H,13,14);1H/t6-,7-;/m1./s1. The number of nitrogens with two attached hydrogens (primary N) is 1. The average Bonchev–Trinajstić information content (AvgIpc) is 2.45. The van der Waals surface area contributed by atoms with E-state index in [1.807, 2.05) is 0 Å². The highest BCUT2D eigenvalue weighted by Gasteiger charge is 2.38. The van der Waals surface area contributed by atoms with Gasteiger partial charge in [-0.25, -0.2) is 4.79 Å². The van der Waals surface area contributed by atoms with Gasteiger partial charge in [-0.2, -0.15) is 0 Å². The van der Waals surface area contributed by atoms with Crippen molar-refractivity contribution in [2.24, 2.45) is 11.7 Å². The minimum absolute atomic E-state index is 0. The van der Waals surface area contributed by atoms with Crippen LogP contribution in [-0.4, -0.2) is 40.5 Å². The number of carboxylic acids is 1. The second-order valence-corrected chi connectivity index (χ2v) is 4.00. The number of carboxylic acid groups (broad SMARTS) is 1. The first kappa shape index (κ1) is 14.2. The van der Waals surface area contributed by atoms with Crippen molar-refractivity contribution in [2.45, 2.75) is 32.4 Å². The summed E-state index contributed by atoms with van der Waals surface area (Å²) in [5.74, 6) is -1.28. The highest BCUT2D eigenvalue weighted by Crippen LogP contribution is 2.19. The Morgan fingerprint density at radius 1 is 1.47 bits per heavy atom. The van der Waals surface area contributed by atoms with E-state index in [2.05, 4.69) is 0 Å². The molecule has 3 N–H and O–H groups in total. The van der Waals surface area contributed by atoms with E-state index < -0.39 is 12.0 Å². The maximum absolute atomic E-state index is 11.6. The molecular formula is C9H17ClN2O3. The Bertz CT molecular complexity index is 258. The number of hydrogen-bond acceptors (Lipinski definition) is 3. The van der Waals surface area contributed by atoms with Crippen LogP contribution in [0, 0.1) is 5.92 Å². The van der Waals surface area contributed by atoms with Gasteiger partial charge in [0.2, 0.25) is 5.91 Å². The van der Waals surface area contributed by atoms with Gasteiger partial charge in [-0.05, 0) is 6.42 Å². The van der Waals surface area contributed by atoms with E-state index in [4.69, 9.17) is 10.8 Å². The van der Waals surface area contributed by atoms with Crippen LogP contribution in [0.5, 0.6) is 0 Å². The molecule has 2 atom stereocenters. The Balaban J connectivity index is 0.00000196. The first-order chi connectivity index (χ1) is 6.43. The van der Waals surface area contributed by atoms with Crippen molar-refractivity contribution in [1.29, 1.82) is 0 Å². The molecule has 0 bridgehead atoms. The summed E-state index contributed by atoms with van der Waals surface area (Å²) in [7, 11) is 0. The first-order valence-electron chi connectivity index (χ1n) is 4.72. The van der Waals surface area contributed by atoms with Crippen molar-refractivity contribution in [3.05, 3.63) is 0 Å². The number of rotatable bonds is 2. The molecule has 6 heteroatoms. The molecule has 5 nitrogen and oxygen atoms in total. The van der Waals surface area contributed by atoms with E-state index in [-0.39, 0.29) is 30.3 Å². The zero-order chi connectivity index (χ0) is 10.9. The first-order valence-corrected chi connectivity index (χ1v) is 4.72. The summed E-state index contributed by atoms with van der Waals surface area (Å²) < 4.78 is 0. The Hall–Kier alpha value is -0.810. The van der Waals surface area contributed by atoms with Crippen molar-refractivity contribution in [2.75, 3.05) is 6.54 Å². The van der Waals surface area contributed by atoms with Crippen LogP contribution in [0.2, 0.25) is 0 Å². The number of carbonyl (C=O) groups is 2. The molecule has 0 aliphatic carbocycles. The summed E-state index contributed by atoms with van der Waals surface area (Å²) in [5.41, 5.74) is 5.63. The second kappa shape index (κ2) is 5.32. The lowest BCUT2D eigenvalue weighted by Gasteiger charge is -2.23. The van der Waals surface area contributed by atoms with Gasteiger partial charge in [0.05, 0.1) is 0 Å². The zero-order valence-corrected chi connectivity index (χ0v) is 9.66. The Morgan fingerprint density at radius 2 is 2.00 bits per heavy atom. The predicted molar refractivity (Wildman–Crippen MR) is 57.8 cm³/mol. The van der Waals surface area contributed by atoms with Gasteiger partial charge >= 0.3 is 5.97 Å². The smallest absolute Gasteiger partial charge is 0.326 e. The van der Waals surface area contributed by atoms with Crippen LogP contribution in [0.4, 0.5) is 0 Å². The maximum Gasteiger partial charge on any atom is 0.326 e. The molecule has 1 amide bonds. The fourth-order valence-corrected chi connectivity index (χ4v) is 1.68. The van der Waals surface area contributed by atoms with E-state index in [0.29, 0.717) is 13.0 Å². The van der Waals surface area contributed by atoms with Crippen molar-refractivity contribution in [3.8, 4) is 0 Å². The number of carbonyl (C=O) groups excluding carboxylic acids is 1. The molecule has 1 heterocycles. The van der Waals surface area contributed by atoms with Gasteiger partial charge in [0.1, 0.15) is 6.04 Å². The molecule has 1 rings (SSSR count). The number of nitrogens with zero attached hydrogens (tertiary/aromatic N) is 1. The zero-order valence-electron chi connectivity index (χ0n) is 8.84. The van der Waals surface area contributed by atoms with Gasteiger partial charge in [-0.15, -0.1) is 12.4 Å². The van der Waals surface area contributed by atoms with E-state index in [1.54, 1.807) is 13.8 Å². The van der Waals surface area contributed by atoms with Crippen LogP contribution in [0.15, 0.2) is 0 Å². The third kappa shape index (κ3) is 3.07. The highest BCUT2D eigenvalue weighted by molar-refractivity contribution is 5.85. The van der Waals surface area contributed by atoms with E-state index in [0.717, 1.165) is 0 Å². The van der Waals surface area contributed by atoms with Gasteiger partial charge in [-0.3, -0.25) is 4.79 Å². The van der Waals surface area contributed by atoms with Gasteiger partial charge in [0.15, 0.2) is 0 Å². The number of amides is 1. The number of aliphatic carboxylic acids is 1. The van der Waals surface area contributed by atoms with Crippen LogP contribution in [0.3, 0.4) is 0 Å². The molecule has 1 aliphatic rings. The number of hydrogen-bond donors (Lipinski definition) is 2. The third-order valence-electron chi connectivity index (χ3n) is 2.40. The summed E-state index contributed by atoms with van der Waals surface area (Å²) in [5, 5.41) is 8.88. The quantitative estimate of drug-likeness (QED) is 0.711. The highest BCUT2D eigenvalue weighted by atomic mass is 35.5. The van der Waals surface area contributed by atoms with E-state index in [1.165, 1.54) is 4.90 Å². The lowest BCUT2D eigenvalue weighted by molar-refractivity contribution is -0.149. The Labute approximate surface area is 95.0 Å². The monoisotopic (exact) mass is 236 g/mol. The molecule has 1 fully saturated rings. The summed E-state index contributed by atoms with van der Waals surface area (Å²) >= 11 is 0. The summed E-state index contributed by atoms with van der Waals surface area (Å²) in [4.78, 5) is 23.8. The van der Waals surface area contributed by atoms with Gasteiger partial charge in [0, 0.05) is 18.5 Å². The van der Waals surface area contributed by atoms with Crippen molar-refractivity contribution in [1.82, 2.24) is 4.90 Å². The van der Waals surface area contributed by atoms with Crippen LogP contribution in [0.1, 0.15) is 20.3 Å². The molecule has 0 spiro atoms. The molecule has 1 saturated heterocycles. The summed E-state index contributed by atoms with van der Waals surface area (Å²) in [6.07, 6.45) is 0.355. The molecule has 0 aromatic carbocycles. The lowest BCUT2D eigenvalue weighted by Crippen LogP contribution is -2.42. The van der Waals surface area contributed by atoms with Crippen LogP contribution in [-0.2, 0) is 9.59 Å². The third-order valence-corrected chi connectivity index (χ3v) is 2.40. The molecule has 0 saturated carbocycles. The van der Waals surface area contributed by atoms with Gasteiger partial charge in [-0.1, -0.05) is 13.8 Å². The number of likely N-dealkylation sites (tertiary alicyclic amines) is 1. The molecule has 88 valence electrons. The second-order valence-electron chi connectivity index (χ2n) is 4.00. The van der Waals surface area contributed by atoms with Gasteiger partial charge < -0.3 is 15.7 Å². The molecule has 0 aromatic heterocycles. The lowest BCUT2D eigenvalue weighted by atomic mass is 10.1. The predicted octanol–water partition coefficient (Wildman–Crippen LogP) is 0.0770. The summed E-state index contributed by atoms with van der Waals surface area (Å²) in [6, 6.07) is -0.946. The summed E-state index contributed by atoms with van der Waals surface area (Å²) in [6.45, 7) is 3.87. The van der Waals surface area contributed by atoms with Crippen LogP contribution >= 0.6 is 12.4 Å². The van der Waals surface area contributed by atoms with Crippen molar-refractivity contribution in [3.63, 3.8) is 0 Å². The molecule has 15 heavy (non-hydrogen) atoms. The largest absolute Gasteiger partial charge is 0.480 e.